The van der Waals surface area contributed by atoms with E-state index >= 15 is 0 Å². The Kier molecular flexibility index (Phi) is 20.2. The molecule has 0 spiro atoms. The number of nitrogens with two attached hydrogens (primary N) is 1. The molecule has 0 rings (SSSR count). The molecule has 6 heteroatoms. The molecule has 1 unspecified atom stereocenters. The van der Waals surface area contributed by atoms with Gasteiger partial charge in [0.1, 0.15) is 0 Å². The summed E-state index contributed by atoms with van der Waals surface area (Å²) in [5, 5.41) is 0. The van der Waals surface area contributed by atoms with Gasteiger partial charge < -0.3 is 5.73 Å². The van der Waals surface area contributed by atoms with Crippen LogP contribution < -0.4 is 5.73 Å². The molecular formula is C22H49NO4S. The van der Waals surface area contributed by atoms with Crippen LogP contribution in [-0.4, -0.2) is 25.6 Å². The molecule has 5 nitrogen and oxygen atoms in total. The molecule has 0 heterocycles. The predicted molar refractivity (Wildman–Crippen MR) is 121 cm³/mol. The number of unbranched alkanes of at least 4 members (excludes halogenated alkanes) is 13. The molecule has 0 aliphatic rings. The van der Waals surface area contributed by atoms with Crippen LogP contribution in [0.5, 0.6) is 0 Å². The van der Waals surface area contributed by atoms with Gasteiger partial charge in [-0.25, -0.2) is 4.18 Å². The van der Waals surface area contributed by atoms with E-state index in [1.807, 2.05) is 6.92 Å². The first-order chi connectivity index (χ1) is 13.2. The molecule has 0 aromatic rings. The van der Waals surface area contributed by atoms with Crippen molar-refractivity contribution in [1.29, 1.82) is 0 Å². The summed E-state index contributed by atoms with van der Waals surface area (Å²) >= 11 is 0. The molecule has 0 aromatic heterocycles. The van der Waals surface area contributed by atoms with Gasteiger partial charge in [0.15, 0.2) is 0 Å². The van der Waals surface area contributed by atoms with Crippen molar-refractivity contribution in [3.63, 3.8) is 0 Å². The Labute approximate surface area is 176 Å². The summed E-state index contributed by atoms with van der Waals surface area (Å²) in [6, 6.07) is 0. The van der Waals surface area contributed by atoms with E-state index in [-0.39, 0.29) is 5.92 Å². The van der Waals surface area contributed by atoms with E-state index in [2.05, 4.69) is 12.7 Å². The van der Waals surface area contributed by atoms with Gasteiger partial charge in [0.2, 0.25) is 0 Å². The first-order valence-electron chi connectivity index (χ1n) is 11.4. The van der Waals surface area contributed by atoms with Crippen LogP contribution in [-0.2, 0) is 14.6 Å². The molecule has 0 aromatic carbocycles. The second-order valence-corrected chi connectivity index (χ2v) is 9.42. The quantitative estimate of drug-likeness (QED) is 0.190. The summed E-state index contributed by atoms with van der Waals surface area (Å²) in [4.78, 5) is 0. The van der Waals surface area contributed by atoms with Crippen molar-refractivity contribution in [3.8, 4) is 0 Å². The number of hydrogen-bond donors (Lipinski definition) is 2. The molecule has 0 amide bonds. The van der Waals surface area contributed by atoms with E-state index < -0.39 is 16.0 Å². The Morgan fingerprint density at radius 2 is 1.11 bits per heavy atom. The lowest BCUT2D eigenvalue weighted by Gasteiger charge is -2.29. The van der Waals surface area contributed by atoms with Gasteiger partial charge in [-0.15, -0.1) is 0 Å². The van der Waals surface area contributed by atoms with Crippen molar-refractivity contribution < 1.29 is 17.2 Å². The highest BCUT2D eigenvalue weighted by Crippen LogP contribution is 2.27. The van der Waals surface area contributed by atoms with Gasteiger partial charge in [-0.3, -0.25) is 4.55 Å². The highest BCUT2D eigenvalue weighted by Gasteiger charge is 2.31. The van der Waals surface area contributed by atoms with Crippen molar-refractivity contribution in [2.45, 2.75) is 130 Å². The van der Waals surface area contributed by atoms with Crippen LogP contribution in [0.1, 0.15) is 124 Å². The third-order valence-corrected chi connectivity index (χ3v) is 6.14. The zero-order valence-electron chi connectivity index (χ0n) is 19.3. The lowest BCUT2D eigenvalue weighted by Crippen LogP contribution is -2.35. The molecule has 172 valence electrons. The second kappa shape index (κ2) is 18.8. The maximum absolute atomic E-state index is 10.9. The van der Waals surface area contributed by atoms with Gasteiger partial charge >= 0.3 is 10.4 Å². The Hall–Kier alpha value is -0.170. The maximum atomic E-state index is 10.9. The third-order valence-electron chi connectivity index (χ3n) is 5.50. The Morgan fingerprint density at radius 3 is 1.43 bits per heavy atom. The minimum atomic E-state index is -4.39. The zero-order valence-corrected chi connectivity index (χ0v) is 20.2. The van der Waals surface area contributed by atoms with E-state index in [4.69, 9.17) is 8.74 Å². The van der Waals surface area contributed by atoms with Crippen molar-refractivity contribution in [2.24, 2.45) is 11.7 Å². The summed E-state index contributed by atoms with van der Waals surface area (Å²) in [6.07, 6.45) is 19.6. The van der Waals surface area contributed by atoms with E-state index in [0.717, 1.165) is 12.8 Å². The molecular weight excluding hydrogens is 374 g/mol. The monoisotopic (exact) mass is 423 g/mol. The number of hydrogen-bond acceptors (Lipinski definition) is 4. The van der Waals surface area contributed by atoms with Gasteiger partial charge in [-0.1, -0.05) is 104 Å². The first-order valence-corrected chi connectivity index (χ1v) is 12.8. The Balaban J connectivity index is 0. The fourth-order valence-electron chi connectivity index (χ4n) is 3.35. The summed E-state index contributed by atoms with van der Waals surface area (Å²) in [6.45, 7) is 7.68. The van der Waals surface area contributed by atoms with Gasteiger partial charge in [0.05, 0.1) is 5.60 Å². The highest BCUT2D eigenvalue weighted by atomic mass is 32.3. The van der Waals surface area contributed by atoms with Crippen LogP contribution in [0.15, 0.2) is 0 Å². The van der Waals surface area contributed by atoms with E-state index in [9.17, 15) is 8.42 Å². The molecule has 0 radical (unpaired) electrons. The molecule has 0 aliphatic heterocycles. The lowest BCUT2D eigenvalue weighted by molar-refractivity contribution is 0.0414. The minimum absolute atomic E-state index is 0.0850. The summed E-state index contributed by atoms with van der Waals surface area (Å²) in [5.41, 5.74) is 3.64. The van der Waals surface area contributed by atoms with Crippen LogP contribution >= 0.6 is 0 Å². The fraction of sp³-hybridized carbons (Fsp3) is 1.00. The largest absolute Gasteiger partial charge is 0.397 e. The smallest absolute Gasteiger partial charge is 0.333 e. The molecule has 28 heavy (non-hydrogen) atoms. The van der Waals surface area contributed by atoms with Crippen LogP contribution in [0.2, 0.25) is 0 Å². The summed E-state index contributed by atoms with van der Waals surface area (Å²) < 4.78 is 35.4. The molecule has 0 bridgehead atoms. The van der Waals surface area contributed by atoms with Crippen LogP contribution in [0.3, 0.4) is 0 Å². The Bertz CT molecular complexity index is 424. The average molecular weight is 424 g/mol. The predicted octanol–water partition coefficient (Wildman–Crippen LogP) is 6.67. The minimum Gasteiger partial charge on any atom is -0.333 e. The standard InChI is InChI=1S/C21H44O4S.CH5N/c1-5-6-7-8-9-10-11-12-13-14-15-16-17-18-19-20(2)21(3,4)25-26(22,23)24;1-2/h20H,5-19H2,1-4H3,(H,22,23,24);2H2,1H3. The molecule has 3 N–H and O–H groups in total. The van der Waals surface area contributed by atoms with Gasteiger partial charge in [-0.05, 0) is 33.2 Å². The molecule has 0 aliphatic carbocycles. The topological polar surface area (TPSA) is 89.6 Å². The fourth-order valence-corrected chi connectivity index (χ4v) is 4.05. The zero-order chi connectivity index (χ0) is 21.9. The van der Waals surface area contributed by atoms with Crippen LogP contribution in [0.25, 0.3) is 0 Å². The lowest BCUT2D eigenvalue weighted by atomic mass is 9.88. The number of rotatable bonds is 18. The first kappa shape index (κ1) is 30.0. The maximum Gasteiger partial charge on any atom is 0.397 e. The van der Waals surface area contributed by atoms with Crippen molar-refractivity contribution in [2.75, 3.05) is 7.05 Å². The van der Waals surface area contributed by atoms with Crippen molar-refractivity contribution >= 4 is 10.4 Å². The average Bonchev–Trinajstić information content (AvgIpc) is 2.61. The molecule has 0 saturated carbocycles. The van der Waals surface area contributed by atoms with Gasteiger partial charge in [0, 0.05) is 0 Å². The second-order valence-electron chi connectivity index (χ2n) is 8.40. The van der Waals surface area contributed by atoms with Crippen LogP contribution in [0.4, 0.5) is 0 Å². The van der Waals surface area contributed by atoms with Gasteiger partial charge in [-0.2, -0.15) is 8.42 Å². The van der Waals surface area contributed by atoms with Crippen molar-refractivity contribution in [3.05, 3.63) is 0 Å². The van der Waals surface area contributed by atoms with Crippen LogP contribution in [0, 0.1) is 5.92 Å². The van der Waals surface area contributed by atoms with E-state index in [1.165, 1.54) is 90.5 Å². The van der Waals surface area contributed by atoms with Crippen molar-refractivity contribution in [1.82, 2.24) is 0 Å². The Morgan fingerprint density at radius 1 is 0.786 bits per heavy atom. The highest BCUT2D eigenvalue weighted by molar-refractivity contribution is 7.80. The SMILES string of the molecule is CCCCCCCCCCCCCCCCC(C)C(C)(C)OS(=O)(=O)O.CN. The summed E-state index contributed by atoms with van der Waals surface area (Å²) in [7, 11) is -2.89. The van der Waals surface area contributed by atoms with E-state index in [0.29, 0.717) is 0 Å². The molecule has 0 saturated heterocycles. The summed E-state index contributed by atoms with van der Waals surface area (Å²) in [5.74, 6) is 0.0850. The van der Waals surface area contributed by atoms with E-state index in [1.54, 1.807) is 13.8 Å². The molecule has 0 fully saturated rings. The molecule has 1 atom stereocenters. The van der Waals surface area contributed by atoms with Gasteiger partial charge in [0.25, 0.3) is 0 Å². The third kappa shape index (κ3) is 20.6. The normalized spacial score (nSPS) is 13.1.